The van der Waals surface area contributed by atoms with Crippen molar-refractivity contribution in [3.8, 4) is 5.69 Å². The molecule has 1 amide bonds. The zero-order chi connectivity index (χ0) is 24.7. The molecule has 3 aromatic rings. The molecule has 0 saturated carbocycles. The third kappa shape index (κ3) is 4.53. The second-order valence-corrected chi connectivity index (χ2v) is 9.81. The van der Waals surface area contributed by atoms with Crippen LogP contribution in [0, 0.1) is 11.7 Å². The SMILES string of the molecule is CN1CCC(C2CC(O)(Cn3cnc4c(cnn4-c4ccc(F)cc4)c3=O)CCN2C(=O)O)CC1. The maximum atomic E-state index is 13.3. The van der Waals surface area contributed by atoms with Gasteiger partial charge < -0.3 is 20.0 Å². The summed E-state index contributed by atoms with van der Waals surface area (Å²) in [5.41, 5.74) is -0.652. The van der Waals surface area contributed by atoms with Crippen LogP contribution < -0.4 is 5.56 Å². The number of aromatic nitrogens is 4. The maximum absolute atomic E-state index is 13.3. The summed E-state index contributed by atoms with van der Waals surface area (Å²) in [4.78, 5) is 33.2. The number of nitrogens with zero attached hydrogens (tertiary/aromatic N) is 6. The first-order valence-corrected chi connectivity index (χ1v) is 11.8. The minimum absolute atomic E-state index is 0.0209. The molecule has 5 rings (SSSR count). The summed E-state index contributed by atoms with van der Waals surface area (Å²) in [7, 11) is 2.05. The van der Waals surface area contributed by atoms with Crippen molar-refractivity contribution >= 4 is 17.1 Å². The Bertz CT molecular complexity index is 1280. The number of carboxylic acid groups (broad SMARTS) is 1. The molecule has 2 N–H and O–H groups in total. The molecule has 2 unspecified atom stereocenters. The lowest BCUT2D eigenvalue weighted by Crippen LogP contribution is -2.57. The zero-order valence-corrected chi connectivity index (χ0v) is 19.5. The van der Waals surface area contributed by atoms with Gasteiger partial charge in [-0.25, -0.2) is 18.9 Å². The Morgan fingerprint density at radius 1 is 1.20 bits per heavy atom. The first-order valence-electron chi connectivity index (χ1n) is 11.8. The molecule has 2 atom stereocenters. The van der Waals surface area contributed by atoms with E-state index in [-0.39, 0.29) is 54.7 Å². The standard InChI is InChI=1S/C24H29FN6O4/c1-28-9-6-16(7-10-28)20-12-24(35,8-11-30(20)23(33)34)14-29-15-26-21-19(22(29)32)13-27-31(21)18-4-2-17(25)3-5-18/h2-5,13,15-16,20,35H,6-12,14H2,1H3,(H,33,34). The first-order chi connectivity index (χ1) is 16.7. The van der Waals surface area contributed by atoms with Gasteiger partial charge in [-0.05, 0) is 76.0 Å². The highest BCUT2D eigenvalue weighted by atomic mass is 19.1. The van der Waals surface area contributed by atoms with Gasteiger partial charge in [0.1, 0.15) is 17.5 Å². The van der Waals surface area contributed by atoms with Crippen LogP contribution in [0.2, 0.25) is 0 Å². The van der Waals surface area contributed by atoms with Crippen molar-refractivity contribution < 1.29 is 19.4 Å². The normalized spacial score (nSPS) is 24.2. The van der Waals surface area contributed by atoms with E-state index in [1.165, 1.54) is 38.8 Å². The van der Waals surface area contributed by atoms with E-state index in [2.05, 4.69) is 22.0 Å². The van der Waals surface area contributed by atoms with Crippen molar-refractivity contribution in [1.29, 1.82) is 0 Å². The molecular formula is C24H29FN6O4. The third-order valence-corrected chi connectivity index (χ3v) is 7.45. The Kier molecular flexibility index (Phi) is 6.06. The monoisotopic (exact) mass is 484 g/mol. The molecule has 0 bridgehead atoms. The molecule has 0 aliphatic carbocycles. The zero-order valence-electron chi connectivity index (χ0n) is 19.5. The van der Waals surface area contributed by atoms with Crippen LogP contribution in [0.5, 0.6) is 0 Å². The number of carbonyl (C=O) groups is 1. The van der Waals surface area contributed by atoms with Crippen molar-refractivity contribution in [2.24, 2.45) is 5.92 Å². The van der Waals surface area contributed by atoms with Gasteiger partial charge >= 0.3 is 6.09 Å². The smallest absolute Gasteiger partial charge is 0.407 e. The number of hydrogen-bond acceptors (Lipinski definition) is 6. The average molecular weight is 485 g/mol. The summed E-state index contributed by atoms with van der Waals surface area (Å²) in [5, 5.41) is 25.8. The fourth-order valence-corrected chi connectivity index (χ4v) is 5.46. The van der Waals surface area contributed by atoms with Crippen LogP contribution in [-0.2, 0) is 6.54 Å². The minimum atomic E-state index is -1.23. The highest BCUT2D eigenvalue weighted by Crippen LogP contribution is 2.36. The summed E-state index contributed by atoms with van der Waals surface area (Å²) in [6, 6.07) is 5.43. The fourth-order valence-electron chi connectivity index (χ4n) is 5.46. The fraction of sp³-hybridized carbons (Fsp3) is 0.500. The van der Waals surface area contributed by atoms with Crippen molar-refractivity contribution in [2.75, 3.05) is 26.7 Å². The molecule has 2 aliphatic heterocycles. The van der Waals surface area contributed by atoms with Crippen LogP contribution in [0.1, 0.15) is 25.7 Å². The lowest BCUT2D eigenvalue weighted by atomic mass is 9.77. The predicted molar refractivity (Wildman–Crippen MR) is 126 cm³/mol. The van der Waals surface area contributed by atoms with Gasteiger partial charge in [0.25, 0.3) is 5.56 Å². The molecule has 186 valence electrons. The summed E-state index contributed by atoms with van der Waals surface area (Å²) < 4.78 is 16.1. The van der Waals surface area contributed by atoms with Crippen LogP contribution >= 0.6 is 0 Å². The van der Waals surface area contributed by atoms with Crippen molar-refractivity contribution in [3.63, 3.8) is 0 Å². The van der Waals surface area contributed by atoms with Crippen molar-refractivity contribution in [3.05, 3.63) is 53.0 Å². The summed E-state index contributed by atoms with van der Waals surface area (Å²) >= 11 is 0. The van der Waals surface area contributed by atoms with Gasteiger partial charge in [0.05, 0.1) is 24.0 Å². The third-order valence-electron chi connectivity index (χ3n) is 7.45. The maximum Gasteiger partial charge on any atom is 0.407 e. The van der Waals surface area contributed by atoms with E-state index >= 15 is 0 Å². The first kappa shape index (κ1) is 23.4. The van der Waals surface area contributed by atoms with E-state index in [1.807, 2.05) is 0 Å². The number of amides is 1. The summed E-state index contributed by atoms with van der Waals surface area (Å²) in [5.74, 6) is -0.207. The average Bonchev–Trinajstić information content (AvgIpc) is 3.26. The summed E-state index contributed by atoms with van der Waals surface area (Å²) in [6.45, 7) is 2.03. The number of likely N-dealkylation sites (tertiary alicyclic amines) is 2. The van der Waals surface area contributed by atoms with Crippen molar-refractivity contribution in [2.45, 2.75) is 43.9 Å². The number of halogens is 1. The molecule has 11 heteroatoms. The highest BCUT2D eigenvalue weighted by Gasteiger charge is 2.44. The van der Waals surface area contributed by atoms with Gasteiger partial charge in [-0.2, -0.15) is 5.10 Å². The number of aliphatic hydroxyl groups is 1. The summed E-state index contributed by atoms with van der Waals surface area (Å²) in [6.07, 6.45) is 4.09. The largest absolute Gasteiger partial charge is 0.465 e. The second kappa shape index (κ2) is 9.04. The predicted octanol–water partition coefficient (Wildman–Crippen LogP) is 1.94. The molecule has 1 aromatic carbocycles. The van der Waals surface area contributed by atoms with E-state index in [0.717, 1.165) is 25.9 Å². The molecule has 2 fully saturated rings. The Hall–Kier alpha value is -3.31. The van der Waals surface area contributed by atoms with Gasteiger partial charge in [-0.3, -0.25) is 9.36 Å². The molecule has 2 saturated heterocycles. The molecule has 35 heavy (non-hydrogen) atoms. The van der Waals surface area contributed by atoms with E-state index in [0.29, 0.717) is 11.3 Å². The van der Waals surface area contributed by atoms with E-state index < -0.39 is 11.7 Å². The van der Waals surface area contributed by atoms with Crippen LogP contribution in [0.4, 0.5) is 9.18 Å². The van der Waals surface area contributed by atoms with Crippen molar-refractivity contribution in [1.82, 2.24) is 29.1 Å². The molecule has 0 radical (unpaired) electrons. The Labute approximate surface area is 201 Å². The van der Waals surface area contributed by atoms with Gasteiger partial charge in [0.2, 0.25) is 0 Å². The topological polar surface area (TPSA) is 117 Å². The number of rotatable bonds is 4. The van der Waals surface area contributed by atoms with Gasteiger partial charge in [0, 0.05) is 12.6 Å². The van der Waals surface area contributed by atoms with Crippen LogP contribution in [0.3, 0.4) is 0 Å². The van der Waals surface area contributed by atoms with Crippen LogP contribution in [-0.4, -0.2) is 83.8 Å². The van der Waals surface area contributed by atoms with E-state index in [4.69, 9.17) is 0 Å². The number of hydrogen-bond donors (Lipinski definition) is 2. The van der Waals surface area contributed by atoms with Gasteiger partial charge in [-0.15, -0.1) is 0 Å². The molecule has 2 aliphatic rings. The Morgan fingerprint density at radius 2 is 1.91 bits per heavy atom. The molecule has 2 aromatic heterocycles. The molecule has 4 heterocycles. The number of benzene rings is 1. The van der Waals surface area contributed by atoms with Gasteiger partial charge in [0.15, 0.2) is 5.65 Å². The Balaban J connectivity index is 1.40. The number of fused-ring (bicyclic) bond motifs is 1. The molecular weight excluding hydrogens is 455 g/mol. The lowest BCUT2D eigenvalue weighted by molar-refractivity contribution is -0.0684. The highest BCUT2D eigenvalue weighted by molar-refractivity contribution is 5.74. The quantitative estimate of drug-likeness (QED) is 0.581. The molecule has 10 nitrogen and oxygen atoms in total. The van der Waals surface area contributed by atoms with Gasteiger partial charge in [-0.1, -0.05) is 0 Å². The molecule has 0 spiro atoms. The Morgan fingerprint density at radius 3 is 2.60 bits per heavy atom. The van der Waals surface area contributed by atoms with Crippen LogP contribution in [0.15, 0.2) is 41.6 Å². The van der Waals surface area contributed by atoms with E-state index in [9.17, 15) is 24.2 Å². The van der Waals surface area contributed by atoms with E-state index in [1.54, 1.807) is 12.1 Å². The van der Waals surface area contributed by atoms with Crippen LogP contribution in [0.25, 0.3) is 16.7 Å². The second-order valence-electron chi connectivity index (χ2n) is 9.81. The lowest BCUT2D eigenvalue weighted by Gasteiger charge is -2.47. The minimum Gasteiger partial charge on any atom is -0.465 e. The number of piperidine rings is 2.